The van der Waals surface area contributed by atoms with Crippen molar-refractivity contribution in [3.05, 3.63) is 23.8 Å². The van der Waals surface area contributed by atoms with Crippen LogP contribution in [0.5, 0.6) is 0 Å². The van der Waals surface area contributed by atoms with Gasteiger partial charge in [-0.05, 0) is 50.3 Å². The predicted molar refractivity (Wildman–Crippen MR) is 130 cm³/mol. The van der Waals surface area contributed by atoms with Gasteiger partial charge in [-0.2, -0.15) is 5.26 Å². The van der Waals surface area contributed by atoms with Crippen molar-refractivity contribution in [2.45, 2.75) is 78.9 Å². The van der Waals surface area contributed by atoms with Crippen molar-refractivity contribution in [2.24, 2.45) is 11.8 Å². The molecule has 4 heterocycles. The number of piperidine rings is 1. The zero-order chi connectivity index (χ0) is 25.1. The third-order valence-electron chi connectivity index (χ3n) is 9.00. The van der Waals surface area contributed by atoms with Crippen LogP contribution >= 0.6 is 0 Å². The van der Waals surface area contributed by atoms with Crippen LogP contribution < -0.4 is 16.1 Å². The third kappa shape index (κ3) is 3.50. The monoisotopic (exact) mass is 515 g/mol. The van der Waals surface area contributed by atoms with E-state index in [1.54, 1.807) is 18.2 Å². The van der Waals surface area contributed by atoms with Crippen molar-refractivity contribution in [2.75, 3.05) is 25.1 Å². The van der Waals surface area contributed by atoms with E-state index in [9.17, 15) is 23.6 Å². The van der Waals surface area contributed by atoms with Crippen molar-refractivity contribution in [1.29, 1.82) is 5.26 Å². The first-order valence-electron chi connectivity index (χ1n) is 13.0. The number of fused-ring (bicyclic) bond motifs is 2. The summed E-state index contributed by atoms with van der Waals surface area (Å²) in [5, 5.41) is 29.5. The highest BCUT2D eigenvalue weighted by Crippen LogP contribution is 2.52. The second-order valence-corrected chi connectivity index (χ2v) is 13.0. The fourth-order valence-electron chi connectivity index (χ4n) is 7.08. The largest absolute Gasteiger partial charge is 0.387 e. The Morgan fingerprint density at radius 3 is 2.72 bits per heavy atom. The van der Waals surface area contributed by atoms with Crippen molar-refractivity contribution in [3.8, 4) is 6.07 Å². The van der Waals surface area contributed by atoms with E-state index >= 15 is 0 Å². The first-order valence-corrected chi connectivity index (χ1v) is 14.5. The van der Waals surface area contributed by atoms with Gasteiger partial charge in [0.2, 0.25) is 5.91 Å². The van der Waals surface area contributed by atoms with Crippen LogP contribution in [0.15, 0.2) is 23.1 Å². The summed E-state index contributed by atoms with van der Waals surface area (Å²) >= 11 is 0. The summed E-state index contributed by atoms with van der Waals surface area (Å²) in [6.45, 7) is 1.21. The number of sulfone groups is 1. The number of hydrogen-bond acceptors (Lipinski definition) is 9. The van der Waals surface area contributed by atoms with E-state index < -0.39 is 26.9 Å². The number of anilines is 1. The number of benzene rings is 1. The fraction of sp³-hybridized carbons (Fsp3) is 0.680. The Balaban J connectivity index is 1.29. The molecular formula is C25H33N5O5S. The lowest BCUT2D eigenvalue weighted by Crippen LogP contribution is -2.54. The summed E-state index contributed by atoms with van der Waals surface area (Å²) in [7, 11) is -3.70. The molecule has 194 valence electrons. The molecule has 4 unspecified atom stereocenters. The number of hydrazine groups is 1. The van der Waals surface area contributed by atoms with Crippen molar-refractivity contribution < 1.29 is 23.1 Å². The lowest BCUT2D eigenvalue weighted by molar-refractivity contribution is -0.128. The van der Waals surface area contributed by atoms with E-state index in [1.165, 1.54) is 0 Å². The summed E-state index contributed by atoms with van der Waals surface area (Å²) in [5.41, 5.74) is 4.55. The van der Waals surface area contributed by atoms with E-state index in [0.29, 0.717) is 31.0 Å². The number of rotatable bonds is 3. The smallest absolute Gasteiger partial charge is 0.228 e. The van der Waals surface area contributed by atoms with Crippen molar-refractivity contribution in [3.63, 3.8) is 0 Å². The Morgan fingerprint density at radius 1 is 1.17 bits per heavy atom. The van der Waals surface area contributed by atoms with Crippen LogP contribution in [0, 0.1) is 23.2 Å². The van der Waals surface area contributed by atoms with E-state index in [4.69, 9.17) is 4.74 Å². The van der Waals surface area contributed by atoms with Crippen LogP contribution in [0.2, 0.25) is 0 Å². The number of nitriles is 1. The van der Waals surface area contributed by atoms with E-state index in [1.807, 2.05) is 0 Å². The van der Waals surface area contributed by atoms with Gasteiger partial charge in [-0.1, -0.05) is 12.8 Å². The summed E-state index contributed by atoms with van der Waals surface area (Å²) in [6, 6.07) is 7.48. The lowest BCUT2D eigenvalue weighted by atomic mass is 9.83. The molecule has 0 radical (unpaired) electrons. The molecule has 1 aliphatic carbocycles. The van der Waals surface area contributed by atoms with Gasteiger partial charge in [-0.25, -0.2) is 18.9 Å². The molecule has 6 atom stereocenters. The lowest BCUT2D eigenvalue weighted by Gasteiger charge is -2.39. The van der Waals surface area contributed by atoms with Gasteiger partial charge in [0.25, 0.3) is 0 Å². The second-order valence-electron chi connectivity index (χ2n) is 10.8. The number of aliphatic hydroxyl groups is 1. The molecule has 3 saturated heterocycles. The van der Waals surface area contributed by atoms with Crippen LogP contribution in [0.25, 0.3) is 0 Å². The van der Waals surface area contributed by atoms with Crippen LogP contribution in [0.4, 0.5) is 5.69 Å². The maximum absolute atomic E-state index is 13.4. The molecule has 0 aromatic heterocycles. The van der Waals surface area contributed by atoms with Crippen LogP contribution in [-0.4, -0.2) is 67.2 Å². The number of nitrogens with zero attached hydrogens (tertiary/aromatic N) is 2. The standard InChI is InChI=1S/C25H33N5O5S/c26-14-15-3-1-2-4-18(15)30-19-7-10-27-24(32)21(19)23(29-30)28-16-5-6-20-17(13-16)22(31)25(36(20,33)34)8-11-35-12-9-25/h5-6,13,15,18-19,21-23,28-29,31H,1-4,7-12H2,(H,27,32)/t15-,18+,19?,21?,22?,23?/m1/s1. The minimum absolute atomic E-state index is 0.0268. The Hall–Kier alpha value is -2.23. The first-order chi connectivity index (χ1) is 17.4. The van der Waals surface area contributed by atoms with Crippen LogP contribution in [0.1, 0.15) is 56.6 Å². The molecule has 36 heavy (non-hydrogen) atoms. The van der Waals surface area contributed by atoms with Gasteiger partial charge in [-0.15, -0.1) is 0 Å². The molecule has 4 fully saturated rings. The Morgan fingerprint density at radius 2 is 1.94 bits per heavy atom. The van der Waals surface area contributed by atoms with Crippen molar-refractivity contribution in [1.82, 2.24) is 15.8 Å². The van der Waals surface area contributed by atoms with Crippen molar-refractivity contribution >= 4 is 21.4 Å². The highest BCUT2D eigenvalue weighted by molar-refractivity contribution is 7.93. The second kappa shape index (κ2) is 8.96. The number of hydrogen-bond donors (Lipinski definition) is 4. The van der Waals surface area contributed by atoms with Crippen LogP contribution in [0.3, 0.4) is 0 Å². The normalized spacial score (nSPS) is 37.1. The van der Waals surface area contributed by atoms with E-state index in [-0.39, 0.29) is 47.6 Å². The number of carbonyl (C=O) groups is 1. The SMILES string of the molecule is N#C[C@H]1CCCC[C@@H]1N1NC(Nc2ccc3c(c2)C(O)C2(CCOCC2)S3(=O)=O)C2C(=O)NCCC21. The molecule has 0 bridgehead atoms. The van der Waals surface area contributed by atoms with Gasteiger partial charge in [0.15, 0.2) is 9.84 Å². The average Bonchev–Trinajstić information content (AvgIpc) is 3.33. The molecule has 1 aromatic rings. The Bertz CT molecular complexity index is 1190. The molecule has 1 spiro atoms. The molecule has 10 nitrogen and oxygen atoms in total. The number of ether oxygens (including phenoxy) is 1. The molecule has 4 N–H and O–H groups in total. The van der Waals surface area contributed by atoms with E-state index in [2.05, 4.69) is 27.1 Å². The Labute approximate surface area is 211 Å². The highest BCUT2D eigenvalue weighted by Gasteiger charge is 2.58. The molecule has 5 aliphatic rings. The molecule has 4 aliphatic heterocycles. The summed E-state index contributed by atoms with van der Waals surface area (Å²) in [6.07, 6.45) is 3.67. The van der Waals surface area contributed by atoms with Gasteiger partial charge < -0.3 is 20.5 Å². The molecule has 1 saturated carbocycles. The van der Waals surface area contributed by atoms with Gasteiger partial charge in [-0.3, -0.25) is 4.79 Å². The van der Waals surface area contributed by atoms with Gasteiger partial charge in [0, 0.05) is 43.1 Å². The predicted octanol–water partition coefficient (Wildman–Crippen LogP) is 1.20. The van der Waals surface area contributed by atoms with Gasteiger partial charge >= 0.3 is 0 Å². The zero-order valence-electron chi connectivity index (χ0n) is 20.2. The molecule has 11 heteroatoms. The minimum Gasteiger partial charge on any atom is -0.387 e. The van der Waals surface area contributed by atoms with E-state index in [0.717, 1.165) is 32.1 Å². The quantitative estimate of drug-likeness (QED) is 0.467. The summed E-state index contributed by atoms with van der Waals surface area (Å²) in [4.78, 5) is 13.1. The maximum atomic E-state index is 13.4. The van der Waals surface area contributed by atoms with Crippen LogP contribution in [-0.2, 0) is 19.4 Å². The maximum Gasteiger partial charge on any atom is 0.228 e. The zero-order valence-corrected chi connectivity index (χ0v) is 21.0. The van der Waals surface area contributed by atoms with Gasteiger partial charge in [0.05, 0.1) is 22.8 Å². The first kappa shape index (κ1) is 24.1. The molecular weight excluding hydrogens is 482 g/mol. The number of carbonyl (C=O) groups excluding carboxylic acids is 1. The minimum atomic E-state index is -3.70. The number of aliphatic hydroxyl groups excluding tert-OH is 1. The summed E-state index contributed by atoms with van der Waals surface area (Å²) in [5.74, 6) is -0.469. The molecule has 6 rings (SSSR count). The summed E-state index contributed by atoms with van der Waals surface area (Å²) < 4.78 is 30.9. The number of nitrogens with one attached hydrogen (secondary N) is 3. The third-order valence-corrected chi connectivity index (χ3v) is 11.7. The van der Waals surface area contributed by atoms with Gasteiger partial charge in [0.1, 0.15) is 17.0 Å². The number of amides is 1. The Kier molecular flexibility index (Phi) is 6.00. The molecule has 1 aromatic carbocycles. The topological polar surface area (TPSA) is 144 Å². The highest BCUT2D eigenvalue weighted by atomic mass is 32.2. The average molecular weight is 516 g/mol. The fourth-order valence-corrected chi connectivity index (χ4v) is 9.37. The molecule has 1 amide bonds.